The van der Waals surface area contributed by atoms with Gasteiger partial charge in [0.25, 0.3) is 0 Å². The van der Waals surface area contributed by atoms with E-state index in [-0.39, 0.29) is 24.8 Å². The summed E-state index contributed by atoms with van der Waals surface area (Å²) in [5.74, 6) is 0.864. The van der Waals surface area contributed by atoms with Crippen LogP contribution in [0.5, 0.6) is 0 Å². The topological polar surface area (TPSA) is 35.5 Å². The maximum absolute atomic E-state index is 9.21. The summed E-state index contributed by atoms with van der Waals surface area (Å²) in [4.78, 5) is 2.50. The van der Waals surface area contributed by atoms with Gasteiger partial charge < -0.3 is 10.4 Å². The molecule has 0 aromatic rings. The van der Waals surface area contributed by atoms with Gasteiger partial charge in [0.05, 0.1) is 6.61 Å². The van der Waals surface area contributed by atoms with Crippen LogP contribution < -0.4 is 5.32 Å². The molecule has 1 atom stereocenters. The summed E-state index contributed by atoms with van der Waals surface area (Å²) < 4.78 is 0. The van der Waals surface area contributed by atoms with Crippen LogP contribution in [0.4, 0.5) is 0 Å². The maximum atomic E-state index is 9.21. The Morgan fingerprint density at radius 2 is 1.81 bits per heavy atom. The molecule has 2 fully saturated rings. The van der Waals surface area contributed by atoms with E-state index in [1.54, 1.807) is 0 Å². The molecule has 3 nitrogen and oxygen atoms in total. The van der Waals surface area contributed by atoms with Crippen LogP contribution in [0.15, 0.2) is 0 Å². The van der Waals surface area contributed by atoms with Crippen LogP contribution in [0.1, 0.15) is 25.7 Å². The minimum absolute atomic E-state index is 0. The molecule has 2 rings (SSSR count). The third-order valence-electron chi connectivity index (χ3n) is 3.66. The van der Waals surface area contributed by atoms with Crippen LogP contribution in [-0.4, -0.2) is 48.8 Å². The Bertz CT molecular complexity index is 177. The van der Waals surface area contributed by atoms with Crippen molar-refractivity contribution < 1.29 is 5.11 Å². The fourth-order valence-electron chi connectivity index (χ4n) is 2.74. The van der Waals surface area contributed by atoms with Gasteiger partial charge in [-0.05, 0) is 51.2 Å². The summed E-state index contributed by atoms with van der Waals surface area (Å²) in [5.41, 5.74) is 0. The van der Waals surface area contributed by atoms with Gasteiger partial charge in [-0.25, -0.2) is 0 Å². The second-order valence-electron chi connectivity index (χ2n) is 4.67. The van der Waals surface area contributed by atoms with E-state index >= 15 is 0 Å². The number of aliphatic hydroxyl groups excluding tert-OH is 1. The maximum Gasteiger partial charge on any atom is 0.0586 e. The van der Waals surface area contributed by atoms with Crippen LogP contribution in [0.25, 0.3) is 0 Å². The molecule has 5 heteroatoms. The number of rotatable bonds is 3. The zero-order valence-corrected chi connectivity index (χ0v) is 11.4. The van der Waals surface area contributed by atoms with Gasteiger partial charge in [0.2, 0.25) is 0 Å². The highest BCUT2D eigenvalue weighted by molar-refractivity contribution is 5.85. The van der Waals surface area contributed by atoms with E-state index < -0.39 is 0 Å². The van der Waals surface area contributed by atoms with Gasteiger partial charge in [-0.2, -0.15) is 0 Å². The fourth-order valence-corrected chi connectivity index (χ4v) is 2.74. The van der Waals surface area contributed by atoms with Crippen molar-refractivity contribution in [2.24, 2.45) is 5.92 Å². The molecule has 2 aliphatic heterocycles. The third-order valence-corrected chi connectivity index (χ3v) is 3.66. The number of aliphatic hydroxyl groups is 1. The fraction of sp³-hybridized carbons (Fsp3) is 1.00. The van der Waals surface area contributed by atoms with Crippen molar-refractivity contribution in [2.45, 2.75) is 31.7 Å². The molecule has 0 unspecified atom stereocenters. The molecule has 2 N–H and O–H groups in total. The van der Waals surface area contributed by atoms with Crippen LogP contribution in [0.2, 0.25) is 0 Å². The molecule has 0 aromatic carbocycles. The SMILES string of the molecule is Cl.Cl.OC[C@H]1CCCN1CC1CCNCC1. The molecule has 0 bridgehead atoms. The van der Waals surface area contributed by atoms with Crippen LogP contribution in [0, 0.1) is 5.92 Å². The zero-order valence-electron chi connectivity index (χ0n) is 9.73. The van der Waals surface area contributed by atoms with E-state index in [0.717, 1.165) is 5.92 Å². The van der Waals surface area contributed by atoms with Gasteiger partial charge in [-0.1, -0.05) is 0 Å². The van der Waals surface area contributed by atoms with Crippen molar-refractivity contribution in [1.29, 1.82) is 0 Å². The summed E-state index contributed by atoms with van der Waals surface area (Å²) in [6.45, 7) is 5.14. The monoisotopic (exact) mass is 270 g/mol. The number of hydrogen-bond acceptors (Lipinski definition) is 3. The highest BCUT2D eigenvalue weighted by Crippen LogP contribution is 2.21. The van der Waals surface area contributed by atoms with Gasteiger partial charge in [0, 0.05) is 12.6 Å². The van der Waals surface area contributed by atoms with Crippen molar-refractivity contribution in [3.8, 4) is 0 Å². The van der Waals surface area contributed by atoms with Gasteiger partial charge in [0.1, 0.15) is 0 Å². The van der Waals surface area contributed by atoms with Crippen LogP contribution in [0.3, 0.4) is 0 Å². The minimum Gasteiger partial charge on any atom is -0.395 e. The number of hydrogen-bond donors (Lipinski definition) is 2. The lowest BCUT2D eigenvalue weighted by molar-refractivity contribution is 0.133. The number of nitrogens with zero attached hydrogens (tertiary/aromatic N) is 1. The molecule has 16 heavy (non-hydrogen) atoms. The van der Waals surface area contributed by atoms with Gasteiger partial charge >= 0.3 is 0 Å². The van der Waals surface area contributed by atoms with Crippen molar-refractivity contribution in [2.75, 3.05) is 32.8 Å². The second kappa shape index (κ2) is 8.54. The average molecular weight is 271 g/mol. The summed E-state index contributed by atoms with van der Waals surface area (Å²) in [6.07, 6.45) is 5.10. The van der Waals surface area contributed by atoms with E-state index in [0.29, 0.717) is 12.6 Å². The minimum atomic E-state index is 0. The Hall–Kier alpha value is 0.460. The first kappa shape index (κ1) is 16.5. The number of halogens is 2. The lowest BCUT2D eigenvalue weighted by Crippen LogP contribution is -2.39. The molecule has 0 saturated carbocycles. The highest BCUT2D eigenvalue weighted by atomic mass is 35.5. The molecule has 0 amide bonds. The molecule has 98 valence electrons. The molecule has 0 aliphatic carbocycles. The summed E-state index contributed by atoms with van der Waals surface area (Å²) >= 11 is 0. The number of likely N-dealkylation sites (tertiary alicyclic amines) is 1. The second-order valence-corrected chi connectivity index (χ2v) is 4.67. The Labute approximate surface area is 111 Å². The Kier molecular flexibility index (Phi) is 8.78. The molecule has 2 saturated heterocycles. The van der Waals surface area contributed by atoms with Gasteiger partial charge in [0.15, 0.2) is 0 Å². The Morgan fingerprint density at radius 1 is 1.12 bits per heavy atom. The Balaban J connectivity index is 0.00000112. The molecule has 0 radical (unpaired) electrons. The summed E-state index contributed by atoms with van der Waals surface area (Å²) in [5, 5.41) is 12.6. The summed E-state index contributed by atoms with van der Waals surface area (Å²) in [6, 6.07) is 0.463. The lowest BCUT2D eigenvalue weighted by Gasteiger charge is -2.30. The first-order chi connectivity index (χ1) is 6.90. The first-order valence-corrected chi connectivity index (χ1v) is 5.96. The number of piperidine rings is 1. The predicted octanol–water partition coefficient (Wildman–Crippen LogP) is 1.29. The lowest BCUT2D eigenvalue weighted by atomic mass is 9.97. The standard InChI is InChI=1S/C11H22N2O.2ClH/c14-9-11-2-1-7-13(11)8-10-3-5-12-6-4-10;;/h10-12,14H,1-9H2;2*1H/t11-;;/m1../s1. The molecular weight excluding hydrogens is 247 g/mol. The van der Waals surface area contributed by atoms with E-state index in [2.05, 4.69) is 10.2 Å². The third kappa shape index (κ3) is 4.38. The van der Waals surface area contributed by atoms with Gasteiger partial charge in [-0.15, -0.1) is 24.8 Å². The van der Waals surface area contributed by atoms with E-state index in [9.17, 15) is 5.11 Å². The van der Waals surface area contributed by atoms with E-state index in [1.807, 2.05) is 0 Å². The van der Waals surface area contributed by atoms with Gasteiger partial charge in [-0.3, -0.25) is 4.90 Å². The average Bonchev–Trinajstić information content (AvgIpc) is 2.67. The van der Waals surface area contributed by atoms with E-state index in [4.69, 9.17) is 0 Å². The van der Waals surface area contributed by atoms with Crippen LogP contribution in [-0.2, 0) is 0 Å². The number of nitrogens with one attached hydrogen (secondary N) is 1. The highest BCUT2D eigenvalue weighted by Gasteiger charge is 2.26. The molecule has 0 spiro atoms. The Morgan fingerprint density at radius 3 is 2.44 bits per heavy atom. The van der Waals surface area contributed by atoms with Crippen molar-refractivity contribution in [1.82, 2.24) is 10.2 Å². The predicted molar refractivity (Wildman–Crippen MR) is 71.8 cm³/mol. The molecule has 2 heterocycles. The van der Waals surface area contributed by atoms with Crippen LogP contribution >= 0.6 is 24.8 Å². The largest absolute Gasteiger partial charge is 0.395 e. The van der Waals surface area contributed by atoms with Crippen molar-refractivity contribution >= 4 is 24.8 Å². The normalized spacial score (nSPS) is 27.2. The van der Waals surface area contributed by atoms with E-state index in [1.165, 1.54) is 51.9 Å². The quantitative estimate of drug-likeness (QED) is 0.812. The van der Waals surface area contributed by atoms with Crippen molar-refractivity contribution in [3.63, 3.8) is 0 Å². The zero-order chi connectivity index (χ0) is 9.80. The van der Waals surface area contributed by atoms with Crippen molar-refractivity contribution in [3.05, 3.63) is 0 Å². The molecule has 0 aromatic heterocycles. The smallest absolute Gasteiger partial charge is 0.0586 e. The summed E-state index contributed by atoms with van der Waals surface area (Å²) in [7, 11) is 0. The first-order valence-electron chi connectivity index (χ1n) is 5.96. The molecule has 2 aliphatic rings. The molecular formula is C11H24Cl2N2O.